The smallest absolute Gasteiger partial charge is 0.0874 e. The molecule has 30 valence electrons. The molecule has 0 fully saturated rings. The molecule has 0 bridgehead atoms. The van der Waals surface area contributed by atoms with Crippen molar-refractivity contribution in [1.82, 2.24) is 0 Å². The number of halogens is 3. The number of hydrogen-bond acceptors (Lipinski definition) is 0. The van der Waals surface area contributed by atoms with Crippen LogP contribution in [0.5, 0.6) is 0 Å². The first kappa shape index (κ1) is 9.83. The fourth-order valence-electron chi connectivity index (χ4n) is 0. The van der Waals surface area contributed by atoms with Crippen molar-refractivity contribution in [3.05, 3.63) is 0 Å². The third-order valence-corrected chi connectivity index (χ3v) is 0. The van der Waals surface area contributed by atoms with Crippen LogP contribution in [0.1, 0.15) is 0 Å². The monoisotopic (exact) mass is 238 g/mol. The minimum atomic E-state index is -0.750. The van der Waals surface area contributed by atoms with E-state index in [2.05, 4.69) is 0 Å². The molecule has 0 unspecified atom stereocenters. The minimum absolute atomic E-state index is 0. The molecule has 0 spiro atoms. The maximum absolute atomic E-state index is 4.81. The van der Waals surface area contributed by atoms with Gasteiger partial charge >= 0.3 is 0 Å². The quantitative estimate of drug-likeness (QED) is 0.444. The van der Waals surface area contributed by atoms with Crippen LogP contribution in [0.15, 0.2) is 0 Å². The van der Waals surface area contributed by atoms with E-state index in [1.54, 1.807) is 0 Å². The van der Waals surface area contributed by atoms with Crippen LogP contribution in [0.2, 0.25) is 0 Å². The molecule has 5 heavy (non-hydrogen) atoms. The number of rotatable bonds is 0. The fourth-order valence-corrected chi connectivity index (χ4v) is 0. The minimum Gasteiger partial charge on any atom is -0.0874 e. The van der Waals surface area contributed by atoms with E-state index in [-0.39, 0.29) is 23.9 Å². The first-order chi connectivity index (χ1) is 1.73. The fraction of sp³-hybridized carbons (Fsp3) is 1.00. The van der Waals surface area contributed by atoms with Crippen LogP contribution in [0.25, 0.3) is 0 Å². The van der Waals surface area contributed by atoms with Crippen molar-refractivity contribution >= 4 is 58.7 Å². The number of alkyl halides is 3. The van der Waals surface area contributed by atoms with E-state index in [9.17, 15) is 0 Å². The summed E-state index contributed by atoms with van der Waals surface area (Å²) in [4.78, 5) is 0. The van der Waals surface area contributed by atoms with Crippen LogP contribution in [0.4, 0.5) is 0 Å². The molecule has 0 N–H and O–H groups in total. The largest absolute Gasteiger partial charge is 0.180 e. The van der Waals surface area contributed by atoms with Crippen LogP contribution >= 0.6 is 34.8 Å². The molecule has 0 aromatic heterocycles. The van der Waals surface area contributed by atoms with Crippen molar-refractivity contribution in [3.63, 3.8) is 0 Å². The average Bonchev–Trinajstić information content (AvgIpc) is 0.811. The summed E-state index contributed by atoms with van der Waals surface area (Å²) in [5, 5.41) is 0. The molecule has 0 aromatic rings. The van der Waals surface area contributed by atoms with Crippen molar-refractivity contribution < 1.29 is 0 Å². The summed E-state index contributed by atoms with van der Waals surface area (Å²) < 4.78 is -0.750. The van der Waals surface area contributed by atoms with Gasteiger partial charge in [-0.05, 0) is 0 Å². The van der Waals surface area contributed by atoms with E-state index < -0.39 is 4.30 Å². The van der Waals surface area contributed by atoms with Gasteiger partial charge < -0.3 is 0 Å². The van der Waals surface area contributed by atoms with Crippen LogP contribution in [0, 0.1) is 0 Å². The van der Waals surface area contributed by atoms with Crippen molar-refractivity contribution in [3.8, 4) is 0 Å². The molecule has 4 radical (unpaired) electrons. The molecule has 0 aliphatic carbocycles. The Hall–Kier alpha value is 1.67. The van der Waals surface area contributed by atoms with Crippen molar-refractivity contribution in [2.75, 3.05) is 0 Å². The molecule has 4 heteroatoms. The predicted molar refractivity (Wildman–Crippen MR) is 27.1 cm³/mol. The van der Waals surface area contributed by atoms with Crippen molar-refractivity contribution in [2.45, 2.75) is 4.30 Å². The van der Waals surface area contributed by atoms with Crippen molar-refractivity contribution in [2.24, 2.45) is 0 Å². The molecule has 0 aliphatic rings. The maximum Gasteiger partial charge on any atom is 0.180 e. The second kappa shape index (κ2) is 5.67. The van der Waals surface area contributed by atoms with Gasteiger partial charge in [0.05, 0.1) is 0 Å². The van der Waals surface area contributed by atoms with Gasteiger partial charge in [0.25, 0.3) is 0 Å². The van der Waals surface area contributed by atoms with E-state index >= 15 is 0 Å². The van der Waals surface area contributed by atoms with Gasteiger partial charge in [-0.15, -0.1) is 0 Å². The van der Waals surface area contributed by atoms with Crippen LogP contribution < -0.4 is 0 Å². The molecule has 0 atom stereocenters. The first-order valence-corrected chi connectivity index (χ1v) is 1.96. The SMILES string of the molecule is ClC(Cl)Cl.[Sn]. The third kappa shape index (κ3) is 27.4. The van der Waals surface area contributed by atoms with Crippen LogP contribution in [0.3, 0.4) is 0 Å². The van der Waals surface area contributed by atoms with Crippen LogP contribution in [-0.4, -0.2) is 28.2 Å². The molecule has 0 heterocycles. The molecular weight excluding hydrogens is 237 g/mol. The molecule has 0 amide bonds. The van der Waals surface area contributed by atoms with Gasteiger partial charge in [0.15, 0.2) is 4.30 Å². The second-order valence-corrected chi connectivity index (χ2v) is 2.23. The van der Waals surface area contributed by atoms with Crippen LogP contribution in [-0.2, 0) is 0 Å². The summed E-state index contributed by atoms with van der Waals surface area (Å²) in [5.41, 5.74) is 0. The number of hydrogen-bond donors (Lipinski definition) is 0. The van der Waals surface area contributed by atoms with Gasteiger partial charge in [-0.2, -0.15) is 0 Å². The summed E-state index contributed by atoms with van der Waals surface area (Å²) in [5.74, 6) is 0. The molecule has 0 nitrogen and oxygen atoms in total. The van der Waals surface area contributed by atoms with Gasteiger partial charge in [0, 0.05) is 23.9 Å². The summed E-state index contributed by atoms with van der Waals surface area (Å²) in [6.07, 6.45) is 0. The van der Waals surface area contributed by atoms with E-state index in [1.807, 2.05) is 0 Å². The zero-order valence-electron chi connectivity index (χ0n) is 2.21. The summed E-state index contributed by atoms with van der Waals surface area (Å²) >= 11 is 14.4. The van der Waals surface area contributed by atoms with E-state index in [0.717, 1.165) is 0 Å². The zero-order valence-corrected chi connectivity index (χ0v) is 7.33. The Bertz CT molecular complexity index is 11.6. The Labute approximate surface area is 62.7 Å². The molecule has 0 saturated heterocycles. The molecular formula is CHCl3Sn. The van der Waals surface area contributed by atoms with Gasteiger partial charge in [0.2, 0.25) is 0 Å². The Morgan fingerprint density at radius 3 is 1.00 bits per heavy atom. The van der Waals surface area contributed by atoms with Gasteiger partial charge in [-0.3, -0.25) is 0 Å². The molecule has 0 saturated carbocycles. The Balaban J connectivity index is 0. The molecule has 0 aliphatic heterocycles. The van der Waals surface area contributed by atoms with E-state index in [1.165, 1.54) is 0 Å². The summed E-state index contributed by atoms with van der Waals surface area (Å²) in [6.45, 7) is 0. The van der Waals surface area contributed by atoms with Crippen molar-refractivity contribution in [1.29, 1.82) is 0 Å². The van der Waals surface area contributed by atoms with Gasteiger partial charge in [-0.1, -0.05) is 34.8 Å². The maximum atomic E-state index is 4.81. The summed E-state index contributed by atoms with van der Waals surface area (Å²) in [6, 6.07) is 0. The first-order valence-electron chi connectivity index (χ1n) is 0.655. The Kier molecular flexibility index (Phi) is 11.1. The normalized spacial score (nSPS) is 7.20. The topological polar surface area (TPSA) is 0 Å². The van der Waals surface area contributed by atoms with E-state index in [0.29, 0.717) is 0 Å². The standard InChI is InChI=1S/CHCl3.Sn/c2-1(3)4;/h1H;. The molecule has 0 aromatic carbocycles. The van der Waals surface area contributed by atoms with Gasteiger partial charge in [-0.25, -0.2) is 0 Å². The second-order valence-electron chi connectivity index (χ2n) is 0.247. The zero-order chi connectivity index (χ0) is 3.58. The Morgan fingerprint density at radius 2 is 1.00 bits per heavy atom. The summed E-state index contributed by atoms with van der Waals surface area (Å²) in [7, 11) is 0. The average molecular weight is 238 g/mol. The predicted octanol–water partition coefficient (Wildman–Crippen LogP) is 1.61. The van der Waals surface area contributed by atoms with E-state index in [4.69, 9.17) is 34.8 Å². The molecule has 0 rings (SSSR count). The third-order valence-electron chi connectivity index (χ3n) is 0. The Morgan fingerprint density at radius 1 is 1.00 bits per heavy atom. The van der Waals surface area contributed by atoms with Gasteiger partial charge in [0.1, 0.15) is 0 Å².